The summed E-state index contributed by atoms with van der Waals surface area (Å²) in [6, 6.07) is 11.4. The summed E-state index contributed by atoms with van der Waals surface area (Å²) < 4.78 is 0. The molecule has 0 bridgehead atoms. The third kappa shape index (κ3) is 3.25. The number of halogens is 1. The van der Waals surface area contributed by atoms with Gasteiger partial charge in [0.15, 0.2) is 0 Å². The number of rotatable bonds is 3. The van der Waals surface area contributed by atoms with Crippen LogP contribution in [0.15, 0.2) is 41.4 Å². The molecule has 1 fully saturated rings. The van der Waals surface area contributed by atoms with Crippen LogP contribution < -0.4 is 4.90 Å². The fourth-order valence-corrected chi connectivity index (χ4v) is 2.89. The topological polar surface area (TPSA) is 35.8 Å². The van der Waals surface area contributed by atoms with Gasteiger partial charge in [-0.3, -0.25) is 4.99 Å². The second kappa shape index (κ2) is 6.41. The van der Waals surface area contributed by atoms with Crippen molar-refractivity contribution in [3.8, 4) is 5.75 Å². The van der Waals surface area contributed by atoms with Crippen molar-refractivity contribution in [3.63, 3.8) is 0 Å². The molecule has 0 saturated carbocycles. The van der Waals surface area contributed by atoms with Crippen LogP contribution in [0, 0.1) is 6.92 Å². The Hall–Kier alpha value is -2.00. The first kappa shape index (κ1) is 14.9. The van der Waals surface area contributed by atoms with Crippen LogP contribution in [0.4, 0.5) is 11.4 Å². The third-order valence-corrected chi connectivity index (χ3v) is 4.24. The summed E-state index contributed by atoms with van der Waals surface area (Å²) in [5.74, 6) is 0.0927. The van der Waals surface area contributed by atoms with E-state index in [1.807, 2.05) is 0 Å². The molecule has 1 saturated heterocycles. The molecule has 0 atom stereocenters. The molecule has 22 heavy (non-hydrogen) atoms. The number of hydrogen-bond acceptors (Lipinski definition) is 3. The van der Waals surface area contributed by atoms with E-state index in [0.717, 1.165) is 18.7 Å². The molecule has 0 radical (unpaired) electrons. The van der Waals surface area contributed by atoms with E-state index in [4.69, 9.17) is 11.6 Å². The number of aromatic hydroxyl groups is 1. The van der Waals surface area contributed by atoms with Crippen molar-refractivity contribution in [1.82, 2.24) is 0 Å². The maximum atomic E-state index is 9.82. The summed E-state index contributed by atoms with van der Waals surface area (Å²) >= 11 is 5.82. The number of benzene rings is 2. The molecule has 3 nitrogen and oxygen atoms in total. The van der Waals surface area contributed by atoms with Gasteiger partial charge in [-0.2, -0.15) is 0 Å². The van der Waals surface area contributed by atoms with E-state index in [0.29, 0.717) is 10.7 Å². The first-order valence-corrected chi connectivity index (χ1v) is 7.89. The zero-order valence-corrected chi connectivity index (χ0v) is 13.3. The Morgan fingerprint density at radius 2 is 1.91 bits per heavy atom. The van der Waals surface area contributed by atoms with Crippen LogP contribution in [0.1, 0.15) is 24.0 Å². The monoisotopic (exact) mass is 314 g/mol. The van der Waals surface area contributed by atoms with Gasteiger partial charge in [0.05, 0.1) is 0 Å². The van der Waals surface area contributed by atoms with Gasteiger partial charge in [-0.1, -0.05) is 17.7 Å². The molecule has 0 aromatic heterocycles. The minimum absolute atomic E-state index is 0.0927. The Morgan fingerprint density at radius 1 is 1.14 bits per heavy atom. The van der Waals surface area contributed by atoms with E-state index >= 15 is 0 Å². The lowest BCUT2D eigenvalue weighted by Crippen LogP contribution is -2.17. The number of hydrogen-bond donors (Lipinski definition) is 1. The number of anilines is 1. The molecule has 1 heterocycles. The Labute approximate surface area is 135 Å². The lowest BCUT2D eigenvalue weighted by Gasteiger charge is -2.18. The number of aliphatic imine (C=N–C) groups is 1. The van der Waals surface area contributed by atoms with Gasteiger partial charge in [-0.25, -0.2) is 0 Å². The Balaban J connectivity index is 1.81. The lowest BCUT2D eigenvalue weighted by atomic mass is 10.1. The summed E-state index contributed by atoms with van der Waals surface area (Å²) in [4.78, 5) is 6.77. The molecule has 2 aromatic carbocycles. The van der Waals surface area contributed by atoms with E-state index in [2.05, 4.69) is 35.0 Å². The molecule has 1 aliphatic rings. The molecular weight excluding hydrogens is 296 g/mol. The molecule has 2 aromatic rings. The number of phenolic OH excluding ortho intramolecular Hbond substituents is 1. The van der Waals surface area contributed by atoms with Gasteiger partial charge in [0.1, 0.15) is 11.4 Å². The van der Waals surface area contributed by atoms with Crippen LogP contribution in [-0.4, -0.2) is 24.4 Å². The van der Waals surface area contributed by atoms with Gasteiger partial charge in [-0.05, 0) is 55.2 Å². The van der Waals surface area contributed by atoms with Crippen molar-refractivity contribution in [2.24, 2.45) is 4.99 Å². The molecule has 114 valence electrons. The second-order valence-corrected chi connectivity index (χ2v) is 6.06. The normalized spacial score (nSPS) is 14.9. The zero-order chi connectivity index (χ0) is 15.5. The predicted octanol–water partition coefficient (Wildman–Crippen LogP) is 4.70. The molecule has 0 amide bonds. The van der Waals surface area contributed by atoms with Crippen molar-refractivity contribution in [2.75, 3.05) is 18.0 Å². The lowest BCUT2D eigenvalue weighted by molar-refractivity contribution is 0.477. The van der Waals surface area contributed by atoms with Crippen molar-refractivity contribution in [1.29, 1.82) is 0 Å². The second-order valence-electron chi connectivity index (χ2n) is 5.63. The van der Waals surface area contributed by atoms with Crippen molar-refractivity contribution in [3.05, 3.63) is 52.5 Å². The highest BCUT2D eigenvalue weighted by molar-refractivity contribution is 6.30. The van der Waals surface area contributed by atoms with Gasteiger partial charge in [0, 0.05) is 36.1 Å². The van der Waals surface area contributed by atoms with Crippen LogP contribution in [-0.2, 0) is 0 Å². The Kier molecular flexibility index (Phi) is 4.34. The summed E-state index contributed by atoms with van der Waals surface area (Å²) in [5, 5.41) is 10.3. The van der Waals surface area contributed by atoms with Crippen molar-refractivity contribution >= 4 is 29.2 Å². The Bertz CT molecular complexity index is 706. The van der Waals surface area contributed by atoms with Crippen LogP contribution >= 0.6 is 11.6 Å². The smallest absolute Gasteiger partial charge is 0.142 e. The standard InChI is InChI=1S/C18H19ClN2O/c1-13-10-16(21-8-2-3-9-21)6-4-14(13)12-20-17-7-5-15(19)11-18(17)22/h4-7,10-12,22H,2-3,8-9H2,1H3. The average molecular weight is 315 g/mol. The quantitative estimate of drug-likeness (QED) is 0.833. The summed E-state index contributed by atoms with van der Waals surface area (Å²) in [6.45, 7) is 4.37. The molecule has 0 aliphatic carbocycles. The van der Waals surface area contributed by atoms with E-state index < -0.39 is 0 Å². The van der Waals surface area contributed by atoms with E-state index in [-0.39, 0.29) is 5.75 Å². The maximum Gasteiger partial charge on any atom is 0.142 e. The SMILES string of the molecule is Cc1cc(N2CCCC2)ccc1C=Nc1ccc(Cl)cc1O. The summed E-state index contributed by atoms with van der Waals surface area (Å²) in [6.07, 6.45) is 4.34. The fraction of sp³-hybridized carbons (Fsp3) is 0.278. The van der Waals surface area contributed by atoms with E-state index in [1.54, 1.807) is 18.3 Å². The third-order valence-electron chi connectivity index (χ3n) is 4.00. The largest absolute Gasteiger partial charge is 0.506 e. The van der Waals surface area contributed by atoms with Crippen molar-refractivity contribution in [2.45, 2.75) is 19.8 Å². The van der Waals surface area contributed by atoms with Gasteiger partial charge in [0.25, 0.3) is 0 Å². The minimum atomic E-state index is 0.0927. The van der Waals surface area contributed by atoms with Gasteiger partial charge < -0.3 is 10.0 Å². The van der Waals surface area contributed by atoms with Crippen LogP contribution in [0.3, 0.4) is 0 Å². The zero-order valence-electron chi connectivity index (χ0n) is 12.6. The maximum absolute atomic E-state index is 9.82. The molecule has 4 heteroatoms. The molecule has 0 unspecified atom stereocenters. The summed E-state index contributed by atoms with van der Waals surface area (Å²) in [5.41, 5.74) is 4.04. The number of aryl methyl sites for hydroxylation is 1. The first-order valence-electron chi connectivity index (χ1n) is 7.52. The first-order chi connectivity index (χ1) is 10.6. The highest BCUT2D eigenvalue weighted by Gasteiger charge is 2.12. The summed E-state index contributed by atoms with van der Waals surface area (Å²) in [7, 11) is 0. The molecule has 1 aliphatic heterocycles. The highest BCUT2D eigenvalue weighted by Crippen LogP contribution is 2.29. The van der Waals surface area contributed by atoms with Gasteiger partial charge in [0.2, 0.25) is 0 Å². The number of phenols is 1. The molecular formula is C18H19ClN2O. The molecule has 0 spiro atoms. The van der Waals surface area contributed by atoms with E-state index in [1.165, 1.54) is 30.2 Å². The molecule has 1 N–H and O–H groups in total. The predicted molar refractivity (Wildman–Crippen MR) is 93.0 cm³/mol. The molecule has 3 rings (SSSR count). The highest BCUT2D eigenvalue weighted by atomic mass is 35.5. The van der Waals surface area contributed by atoms with Gasteiger partial charge in [-0.15, -0.1) is 0 Å². The average Bonchev–Trinajstić information content (AvgIpc) is 3.02. The van der Waals surface area contributed by atoms with E-state index in [9.17, 15) is 5.11 Å². The van der Waals surface area contributed by atoms with Crippen molar-refractivity contribution < 1.29 is 5.11 Å². The van der Waals surface area contributed by atoms with Crippen LogP contribution in [0.5, 0.6) is 5.75 Å². The van der Waals surface area contributed by atoms with Crippen LogP contribution in [0.2, 0.25) is 5.02 Å². The Morgan fingerprint density at radius 3 is 2.59 bits per heavy atom. The minimum Gasteiger partial charge on any atom is -0.506 e. The van der Waals surface area contributed by atoms with Gasteiger partial charge >= 0.3 is 0 Å². The van der Waals surface area contributed by atoms with Crippen LogP contribution in [0.25, 0.3) is 0 Å². The number of nitrogens with zero attached hydrogens (tertiary/aromatic N) is 2. The fourth-order valence-electron chi connectivity index (χ4n) is 2.72.